The van der Waals surface area contributed by atoms with Crippen LogP contribution in [-0.4, -0.2) is 24.9 Å². The molecule has 160 valence electrons. The second-order valence-corrected chi connectivity index (χ2v) is 9.65. The Hall–Kier alpha value is -2.34. The van der Waals surface area contributed by atoms with Gasteiger partial charge in [0.05, 0.1) is 10.8 Å². The fourth-order valence-corrected chi connectivity index (χ4v) is 5.66. The van der Waals surface area contributed by atoms with Gasteiger partial charge in [0.15, 0.2) is 0 Å². The van der Waals surface area contributed by atoms with Crippen LogP contribution >= 0.6 is 11.3 Å². The van der Waals surface area contributed by atoms with E-state index in [4.69, 9.17) is 5.73 Å². The number of anilines is 1. The number of nitrogens with two attached hydrogens (primary N) is 1. The number of aryl methyl sites for hydroxylation is 2. The number of hydrogen-bond acceptors (Lipinski definition) is 4. The maximum atomic E-state index is 12.7. The molecule has 0 saturated carbocycles. The predicted octanol–water partition coefficient (Wildman–Crippen LogP) is 4.04. The van der Waals surface area contributed by atoms with Gasteiger partial charge in [0, 0.05) is 30.2 Å². The van der Waals surface area contributed by atoms with E-state index >= 15 is 0 Å². The first-order chi connectivity index (χ1) is 14.6. The van der Waals surface area contributed by atoms with Crippen molar-refractivity contribution >= 4 is 28.8 Å². The Labute approximate surface area is 182 Å². The number of fused-ring (bicyclic) bond motifs is 1. The summed E-state index contributed by atoms with van der Waals surface area (Å²) in [5, 5.41) is 3.07. The largest absolute Gasteiger partial charge is 0.371 e. The number of amides is 2. The second-order valence-electron chi connectivity index (χ2n) is 8.51. The van der Waals surface area contributed by atoms with Crippen molar-refractivity contribution in [3.63, 3.8) is 0 Å². The highest BCUT2D eigenvalue weighted by molar-refractivity contribution is 7.14. The van der Waals surface area contributed by atoms with Crippen LogP contribution in [-0.2, 0) is 24.2 Å². The number of hydrogen-bond donors (Lipinski definition) is 2. The van der Waals surface area contributed by atoms with Crippen molar-refractivity contribution in [1.29, 1.82) is 0 Å². The lowest BCUT2D eigenvalue weighted by Crippen LogP contribution is -2.41. The molecule has 1 aliphatic carbocycles. The molecule has 0 bridgehead atoms. The molecule has 0 radical (unpaired) electrons. The number of rotatable bonds is 5. The summed E-state index contributed by atoms with van der Waals surface area (Å²) in [7, 11) is 0. The Morgan fingerprint density at radius 2 is 1.83 bits per heavy atom. The van der Waals surface area contributed by atoms with E-state index in [1.54, 1.807) is 11.3 Å². The summed E-state index contributed by atoms with van der Waals surface area (Å²) in [4.78, 5) is 28.6. The number of primary amides is 1. The minimum absolute atomic E-state index is 0.0242. The molecule has 5 nitrogen and oxygen atoms in total. The van der Waals surface area contributed by atoms with Gasteiger partial charge in [-0.1, -0.05) is 25.0 Å². The minimum atomic E-state index is -0.208. The van der Waals surface area contributed by atoms with Crippen LogP contribution in [0.25, 0.3) is 0 Å². The number of nitrogens with zero attached hydrogens (tertiary/aromatic N) is 1. The normalized spacial score (nSPS) is 19.5. The van der Waals surface area contributed by atoms with Crippen LogP contribution in [0.15, 0.2) is 30.3 Å². The second kappa shape index (κ2) is 9.65. The molecule has 4 rings (SSSR count). The number of nitrogens with one attached hydrogen (secondary N) is 1. The van der Waals surface area contributed by atoms with Crippen LogP contribution < -0.4 is 16.0 Å². The maximum Gasteiger partial charge on any atom is 0.261 e. The zero-order chi connectivity index (χ0) is 20.9. The van der Waals surface area contributed by atoms with Gasteiger partial charge in [-0.15, -0.1) is 11.3 Å². The molecule has 1 aliphatic heterocycles. The van der Waals surface area contributed by atoms with Gasteiger partial charge in [-0.25, -0.2) is 0 Å². The van der Waals surface area contributed by atoms with Crippen molar-refractivity contribution in [3.05, 3.63) is 51.2 Å². The van der Waals surface area contributed by atoms with Crippen LogP contribution in [0.5, 0.6) is 0 Å². The van der Waals surface area contributed by atoms with Gasteiger partial charge in [-0.05, 0) is 67.9 Å². The van der Waals surface area contributed by atoms with Gasteiger partial charge < -0.3 is 16.0 Å². The fourth-order valence-electron chi connectivity index (χ4n) is 4.49. The van der Waals surface area contributed by atoms with Crippen molar-refractivity contribution < 1.29 is 9.59 Å². The van der Waals surface area contributed by atoms with Crippen LogP contribution in [0.1, 0.15) is 64.2 Å². The van der Waals surface area contributed by atoms with E-state index < -0.39 is 0 Å². The third-order valence-electron chi connectivity index (χ3n) is 6.30. The molecule has 1 atom stereocenters. The molecule has 3 N–H and O–H groups in total. The number of carbonyl (C=O) groups is 2. The van der Waals surface area contributed by atoms with Crippen LogP contribution in [0.4, 0.5) is 5.69 Å². The average molecular weight is 426 g/mol. The first-order valence-electron chi connectivity index (χ1n) is 11.1. The van der Waals surface area contributed by atoms with Gasteiger partial charge in [-0.2, -0.15) is 0 Å². The molecule has 2 aromatic rings. The molecule has 30 heavy (non-hydrogen) atoms. The van der Waals surface area contributed by atoms with Crippen molar-refractivity contribution in [2.75, 3.05) is 18.0 Å². The number of thiophene rings is 1. The van der Waals surface area contributed by atoms with E-state index in [-0.39, 0.29) is 17.7 Å². The molecular formula is C24H31N3O2S. The highest BCUT2D eigenvalue weighted by Crippen LogP contribution is 2.28. The van der Waals surface area contributed by atoms with Crippen molar-refractivity contribution in [2.45, 2.75) is 57.9 Å². The van der Waals surface area contributed by atoms with E-state index in [9.17, 15) is 9.59 Å². The quantitative estimate of drug-likeness (QED) is 0.759. The number of carbonyl (C=O) groups excluding carboxylic acids is 2. The molecule has 1 aromatic heterocycles. The Morgan fingerprint density at radius 1 is 1.07 bits per heavy atom. The first-order valence-corrected chi connectivity index (χ1v) is 11.9. The van der Waals surface area contributed by atoms with Crippen molar-refractivity contribution in [3.8, 4) is 0 Å². The monoisotopic (exact) mass is 425 g/mol. The average Bonchev–Trinajstić information content (AvgIpc) is 3.14. The summed E-state index contributed by atoms with van der Waals surface area (Å²) in [6.07, 6.45) is 9.14. The third-order valence-corrected chi connectivity index (χ3v) is 7.53. The molecule has 1 aromatic carbocycles. The van der Waals surface area contributed by atoms with Gasteiger partial charge in [0.25, 0.3) is 5.91 Å². The predicted molar refractivity (Wildman–Crippen MR) is 122 cm³/mol. The molecule has 1 saturated heterocycles. The highest BCUT2D eigenvalue weighted by Gasteiger charge is 2.24. The van der Waals surface area contributed by atoms with Crippen LogP contribution in [0.2, 0.25) is 0 Å². The van der Waals surface area contributed by atoms with Crippen LogP contribution in [0, 0.1) is 5.92 Å². The van der Waals surface area contributed by atoms with Gasteiger partial charge in [0.1, 0.15) is 0 Å². The third kappa shape index (κ3) is 5.04. The lowest BCUT2D eigenvalue weighted by atomic mass is 9.97. The molecule has 1 unspecified atom stereocenters. The van der Waals surface area contributed by atoms with E-state index in [1.807, 2.05) is 0 Å². The molecule has 0 spiro atoms. The van der Waals surface area contributed by atoms with Crippen molar-refractivity contribution in [2.24, 2.45) is 11.7 Å². The van der Waals surface area contributed by atoms with E-state index in [2.05, 4.69) is 40.5 Å². The summed E-state index contributed by atoms with van der Waals surface area (Å²) in [6.45, 7) is 2.16. The molecule has 1 fully saturated rings. The van der Waals surface area contributed by atoms with E-state index in [0.717, 1.165) is 48.4 Å². The lowest BCUT2D eigenvalue weighted by molar-refractivity contribution is -0.122. The molecule has 2 amide bonds. The Morgan fingerprint density at radius 3 is 2.60 bits per heavy atom. The van der Waals surface area contributed by atoms with Crippen molar-refractivity contribution in [1.82, 2.24) is 5.32 Å². The topological polar surface area (TPSA) is 75.4 Å². The van der Waals surface area contributed by atoms with E-state index in [0.29, 0.717) is 13.1 Å². The number of benzene rings is 1. The number of piperidine rings is 1. The summed E-state index contributed by atoms with van der Waals surface area (Å²) in [5.41, 5.74) is 9.05. The summed E-state index contributed by atoms with van der Waals surface area (Å²) >= 11 is 1.67. The van der Waals surface area contributed by atoms with Gasteiger partial charge in [0.2, 0.25) is 5.91 Å². The molecule has 6 heteroatoms. The van der Waals surface area contributed by atoms with Crippen LogP contribution in [0.3, 0.4) is 0 Å². The summed E-state index contributed by atoms with van der Waals surface area (Å²) in [6, 6.07) is 10.4. The summed E-state index contributed by atoms with van der Waals surface area (Å²) < 4.78 is 0. The molecular weight excluding hydrogens is 394 g/mol. The standard InChI is InChI=1S/C24H31N3O2S/c25-23(28)19-7-5-13-27(16-19)20-11-9-17(10-12-20)15-26-24(29)22-14-18-6-3-1-2-4-8-21(18)30-22/h9-12,14,19H,1-8,13,15-16H2,(H2,25,28)(H,26,29). The smallest absolute Gasteiger partial charge is 0.261 e. The Kier molecular flexibility index (Phi) is 6.72. The fraction of sp³-hybridized carbons (Fsp3) is 0.500. The van der Waals surface area contributed by atoms with Gasteiger partial charge in [-0.3, -0.25) is 9.59 Å². The zero-order valence-corrected chi connectivity index (χ0v) is 18.3. The zero-order valence-electron chi connectivity index (χ0n) is 17.5. The minimum Gasteiger partial charge on any atom is -0.371 e. The lowest BCUT2D eigenvalue weighted by Gasteiger charge is -2.33. The van der Waals surface area contributed by atoms with Gasteiger partial charge >= 0.3 is 0 Å². The Bertz CT molecular complexity index is 865. The van der Waals surface area contributed by atoms with E-state index in [1.165, 1.54) is 36.1 Å². The molecule has 2 heterocycles. The maximum absolute atomic E-state index is 12.7. The first kappa shape index (κ1) is 20.9. The highest BCUT2D eigenvalue weighted by atomic mass is 32.1. The summed E-state index contributed by atoms with van der Waals surface area (Å²) in [5.74, 6) is -0.250. The SMILES string of the molecule is NC(=O)C1CCCN(c2ccc(CNC(=O)c3cc4c(s3)CCCCCC4)cc2)C1. The molecule has 2 aliphatic rings. The Balaban J connectivity index is 1.33.